The number of fused-ring (bicyclic) bond motifs is 1. The Morgan fingerprint density at radius 3 is 2.82 bits per heavy atom. The number of benzene rings is 1. The summed E-state index contributed by atoms with van der Waals surface area (Å²) in [6.45, 7) is 4.11. The second-order valence-electron chi connectivity index (χ2n) is 4.16. The molecule has 0 amide bonds. The summed E-state index contributed by atoms with van der Waals surface area (Å²) in [4.78, 5) is 11.5. The summed E-state index contributed by atoms with van der Waals surface area (Å²) < 4.78 is 10.6. The van der Waals surface area contributed by atoms with Gasteiger partial charge in [-0.25, -0.2) is 0 Å². The number of methoxy groups -OCH3 is 1. The lowest BCUT2D eigenvalue weighted by Gasteiger charge is -2.07. The van der Waals surface area contributed by atoms with E-state index in [0.29, 0.717) is 22.6 Å². The van der Waals surface area contributed by atoms with Crippen LogP contribution in [0.3, 0.4) is 0 Å². The highest BCUT2D eigenvalue weighted by Gasteiger charge is 2.25. The summed E-state index contributed by atoms with van der Waals surface area (Å²) in [5.74, 6) is 7.55. The number of ether oxygens (including phenoxy) is 2. The second kappa shape index (κ2) is 4.50. The standard InChI is InChI=1S/C14H14O3/c1-9(2)4-5-11-13(16-3)7-6-10-12(15)8-17-14(10)11/h6-7,9H,8H2,1-3H3. The fourth-order valence-corrected chi connectivity index (χ4v) is 1.65. The lowest BCUT2D eigenvalue weighted by atomic mass is 10.1. The van der Waals surface area contributed by atoms with Crippen LogP contribution in [0.25, 0.3) is 0 Å². The topological polar surface area (TPSA) is 35.5 Å². The molecule has 0 atom stereocenters. The second-order valence-corrected chi connectivity index (χ2v) is 4.16. The Bertz CT molecular complexity index is 518. The molecule has 1 aliphatic rings. The quantitative estimate of drug-likeness (QED) is 0.694. The summed E-state index contributed by atoms with van der Waals surface area (Å²) in [5.41, 5.74) is 1.27. The highest BCUT2D eigenvalue weighted by molar-refractivity contribution is 6.03. The first-order chi connectivity index (χ1) is 8.13. The first-order valence-corrected chi connectivity index (χ1v) is 5.52. The maximum absolute atomic E-state index is 11.5. The predicted octanol–water partition coefficient (Wildman–Crippen LogP) is 2.28. The minimum absolute atomic E-state index is 0.00440. The smallest absolute Gasteiger partial charge is 0.203 e. The largest absolute Gasteiger partial charge is 0.495 e. The Balaban J connectivity index is 2.56. The van der Waals surface area contributed by atoms with E-state index in [2.05, 4.69) is 11.8 Å². The highest BCUT2D eigenvalue weighted by Crippen LogP contribution is 2.35. The maximum Gasteiger partial charge on any atom is 0.203 e. The summed E-state index contributed by atoms with van der Waals surface area (Å²) in [5, 5.41) is 0. The number of carbonyl (C=O) groups excluding carboxylic acids is 1. The van der Waals surface area contributed by atoms with Gasteiger partial charge in [-0.2, -0.15) is 0 Å². The molecule has 2 rings (SSSR count). The van der Waals surface area contributed by atoms with E-state index in [1.165, 1.54) is 0 Å². The molecule has 3 nitrogen and oxygen atoms in total. The van der Waals surface area contributed by atoms with Gasteiger partial charge < -0.3 is 9.47 Å². The lowest BCUT2D eigenvalue weighted by Crippen LogP contribution is -1.98. The molecule has 88 valence electrons. The van der Waals surface area contributed by atoms with Crippen LogP contribution in [0.15, 0.2) is 12.1 Å². The number of hydrogen-bond acceptors (Lipinski definition) is 3. The van der Waals surface area contributed by atoms with Gasteiger partial charge in [0.05, 0.1) is 12.7 Å². The van der Waals surface area contributed by atoms with Crippen LogP contribution in [0.5, 0.6) is 11.5 Å². The fraction of sp³-hybridized carbons (Fsp3) is 0.357. The molecule has 1 aromatic carbocycles. The van der Waals surface area contributed by atoms with E-state index >= 15 is 0 Å². The maximum atomic E-state index is 11.5. The van der Waals surface area contributed by atoms with Crippen molar-refractivity contribution in [2.24, 2.45) is 5.92 Å². The minimum Gasteiger partial charge on any atom is -0.495 e. The van der Waals surface area contributed by atoms with E-state index in [1.807, 2.05) is 13.8 Å². The van der Waals surface area contributed by atoms with Gasteiger partial charge in [-0.1, -0.05) is 25.7 Å². The van der Waals surface area contributed by atoms with Crippen LogP contribution >= 0.6 is 0 Å². The van der Waals surface area contributed by atoms with Crippen molar-refractivity contribution in [2.45, 2.75) is 13.8 Å². The molecule has 0 saturated carbocycles. The molecule has 0 bridgehead atoms. The molecule has 3 heteroatoms. The molecular weight excluding hydrogens is 216 g/mol. The van der Waals surface area contributed by atoms with Gasteiger partial charge in [-0.15, -0.1) is 0 Å². The van der Waals surface area contributed by atoms with Crippen LogP contribution in [0.1, 0.15) is 29.8 Å². The van der Waals surface area contributed by atoms with Crippen molar-refractivity contribution in [1.29, 1.82) is 0 Å². The minimum atomic E-state index is -0.00440. The van der Waals surface area contributed by atoms with Gasteiger partial charge >= 0.3 is 0 Å². The van der Waals surface area contributed by atoms with Crippen LogP contribution in [-0.2, 0) is 0 Å². The average Bonchev–Trinajstić information content (AvgIpc) is 2.68. The molecule has 0 aliphatic carbocycles. The zero-order valence-electron chi connectivity index (χ0n) is 10.2. The van der Waals surface area contributed by atoms with E-state index < -0.39 is 0 Å². The highest BCUT2D eigenvalue weighted by atomic mass is 16.5. The van der Waals surface area contributed by atoms with Crippen molar-refractivity contribution in [3.8, 4) is 23.3 Å². The van der Waals surface area contributed by atoms with Gasteiger partial charge in [0.15, 0.2) is 6.61 Å². The first-order valence-electron chi connectivity index (χ1n) is 5.52. The summed E-state index contributed by atoms with van der Waals surface area (Å²) in [6, 6.07) is 3.49. The number of carbonyl (C=O) groups is 1. The Kier molecular flexibility index (Phi) is 3.06. The van der Waals surface area contributed by atoms with Gasteiger partial charge in [0.25, 0.3) is 0 Å². The zero-order chi connectivity index (χ0) is 12.4. The van der Waals surface area contributed by atoms with Gasteiger partial charge in [0, 0.05) is 5.92 Å². The molecule has 0 N–H and O–H groups in total. The van der Waals surface area contributed by atoms with Crippen molar-refractivity contribution in [3.05, 3.63) is 23.3 Å². The van der Waals surface area contributed by atoms with Crippen molar-refractivity contribution >= 4 is 5.78 Å². The third-order valence-corrected chi connectivity index (χ3v) is 2.47. The average molecular weight is 230 g/mol. The zero-order valence-corrected chi connectivity index (χ0v) is 10.2. The van der Waals surface area contributed by atoms with Crippen molar-refractivity contribution in [2.75, 3.05) is 13.7 Å². The van der Waals surface area contributed by atoms with Crippen LogP contribution in [0.4, 0.5) is 0 Å². The van der Waals surface area contributed by atoms with Crippen LogP contribution in [-0.4, -0.2) is 19.5 Å². The molecule has 1 aliphatic heterocycles. The van der Waals surface area contributed by atoms with Crippen molar-refractivity contribution in [3.63, 3.8) is 0 Å². The Morgan fingerprint density at radius 2 is 2.18 bits per heavy atom. The molecule has 0 unspecified atom stereocenters. The molecule has 1 heterocycles. The summed E-state index contributed by atoms with van der Waals surface area (Å²) >= 11 is 0. The van der Waals surface area contributed by atoms with E-state index in [0.717, 1.165) is 0 Å². The Hall–Kier alpha value is -1.95. The molecule has 0 fully saturated rings. The molecule has 0 spiro atoms. The van der Waals surface area contributed by atoms with E-state index in [-0.39, 0.29) is 18.3 Å². The summed E-state index contributed by atoms with van der Waals surface area (Å²) in [7, 11) is 1.58. The Morgan fingerprint density at radius 1 is 1.41 bits per heavy atom. The van der Waals surface area contributed by atoms with Gasteiger partial charge in [0.1, 0.15) is 17.1 Å². The lowest BCUT2D eigenvalue weighted by molar-refractivity contribution is 0.0961. The van der Waals surface area contributed by atoms with Gasteiger partial charge in [-0.05, 0) is 12.1 Å². The number of ketones is 1. The van der Waals surface area contributed by atoms with Gasteiger partial charge in [0.2, 0.25) is 5.78 Å². The molecule has 1 aromatic rings. The number of Topliss-reactive ketones (excluding diaryl/α,β-unsaturated/α-hetero) is 1. The monoisotopic (exact) mass is 230 g/mol. The number of rotatable bonds is 1. The molecular formula is C14H14O3. The normalized spacial score (nSPS) is 12.8. The van der Waals surface area contributed by atoms with Crippen molar-refractivity contribution < 1.29 is 14.3 Å². The van der Waals surface area contributed by atoms with Crippen LogP contribution < -0.4 is 9.47 Å². The first kappa shape index (κ1) is 11.5. The van der Waals surface area contributed by atoms with E-state index in [1.54, 1.807) is 19.2 Å². The third kappa shape index (κ3) is 2.12. The van der Waals surface area contributed by atoms with Crippen LogP contribution in [0.2, 0.25) is 0 Å². The van der Waals surface area contributed by atoms with Gasteiger partial charge in [-0.3, -0.25) is 4.79 Å². The van der Waals surface area contributed by atoms with Crippen molar-refractivity contribution in [1.82, 2.24) is 0 Å². The SMILES string of the molecule is COc1ccc2c(c1C#CC(C)C)OCC2=O. The fourth-order valence-electron chi connectivity index (χ4n) is 1.65. The Labute approximate surface area is 101 Å². The number of hydrogen-bond donors (Lipinski definition) is 0. The molecule has 0 saturated heterocycles. The van der Waals surface area contributed by atoms with Crippen LogP contribution in [0, 0.1) is 17.8 Å². The van der Waals surface area contributed by atoms with E-state index in [9.17, 15) is 4.79 Å². The predicted molar refractivity (Wildman–Crippen MR) is 64.5 cm³/mol. The van der Waals surface area contributed by atoms with E-state index in [4.69, 9.17) is 9.47 Å². The third-order valence-electron chi connectivity index (χ3n) is 2.47. The summed E-state index contributed by atoms with van der Waals surface area (Å²) in [6.07, 6.45) is 0. The molecule has 17 heavy (non-hydrogen) atoms. The molecule has 0 radical (unpaired) electrons. The molecule has 0 aromatic heterocycles.